The van der Waals surface area contributed by atoms with Gasteiger partial charge >= 0.3 is 0 Å². The predicted molar refractivity (Wildman–Crippen MR) is 77.3 cm³/mol. The minimum absolute atomic E-state index is 0.0612. The van der Waals surface area contributed by atoms with Crippen molar-refractivity contribution < 1.29 is 13.9 Å². The van der Waals surface area contributed by atoms with Crippen molar-refractivity contribution in [3.05, 3.63) is 48.0 Å². The molecule has 0 saturated carbocycles. The molecule has 0 radical (unpaired) electrons. The van der Waals surface area contributed by atoms with E-state index in [9.17, 15) is 13.9 Å². The summed E-state index contributed by atoms with van der Waals surface area (Å²) >= 11 is 0. The van der Waals surface area contributed by atoms with Gasteiger partial charge in [-0.25, -0.2) is 8.78 Å². The first-order valence-electron chi connectivity index (χ1n) is 6.45. The lowest BCUT2D eigenvalue weighted by atomic mass is 10.0. The molecule has 0 fully saturated rings. The maximum atomic E-state index is 13.0. The Morgan fingerprint density at radius 2 is 1.75 bits per heavy atom. The van der Waals surface area contributed by atoms with E-state index in [1.54, 1.807) is 30.3 Å². The summed E-state index contributed by atoms with van der Waals surface area (Å²) in [6, 6.07) is 11.5. The first kappa shape index (κ1) is 14.3. The van der Waals surface area contributed by atoms with Gasteiger partial charge in [0.25, 0.3) is 6.43 Å². The third-order valence-electron chi connectivity index (χ3n) is 2.88. The molecule has 0 amide bonds. The fourth-order valence-electron chi connectivity index (χ4n) is 2.07. The highest BCUT2D eigenvalue weighted by Crippen LogP contribution is 2.34. The molecule has 0 bridgehead atoms. The van der Waals surface area contributed by atoms with Gasteiger partial charge in [0.15, 0.2) is 0 Å². The molecule has 2 nitrogen and oxygen atoms in total. The molecule has 2 aromatic rings. The summed E-state index contributed by atoms with van der Waals surface area (Å²) in [5.74, 6) is 0.0782. The van der Waals surface area contributed by atoms with Crippen LogP contribution in [0.5, 0.6) is 5.75 Å². The van der Waals surface area contributed by atoms with Gasteiger partial charge in [0.2, 0.25) is 0 Å². The van der Waals surface area contributed by atoms with E-state index in [2.05, 4.69) is 5.32 Å². The highest BCUT2D eigenvalue weighted by atomic mass is 19.3. The zero-order valence-electron chi connectivity index (χ0n) is 11.4. The highest BCUT2D eigenvalue weighted by molar-refractivity contribution is 5.74. The Bertz CT molecular complexity index is 597. The van der Waals surface area contributed by atoms with Gasteiger partial charge < -0.3 is 10.4 Å². The van der Waals surface area contributed by atoms with E-state index in [4.69, 9.17) is 0 Å². The quantitative estimate of drug-likeness (QED) is 0.840. The maximum absolute atomic E-state index is 13.0. The topological polar surface area (TPSA) is 32.3 Å². The SMILES string of the molecule is CC(C)Nc1cc(-c2ccccc2O)cc(C(F)F)c1. The van der Waals surface area contributed by atoms with E-state index in [0.717, 1.165) is 0 Å². The van der Waals surface area contributed by atoms with Crippen LogP contribution in [0.25, 0.3) is 11.1 Å². The minimum Gasteiger partial charge on any atom is -0.507 e. The molecular weight excluding hydrogens is 260 g/mol. The number of hydrogen-bond acceptors (Lipinski definition) is 2. The summed E-state index contributed by atoms with van der Waals surface area (Å²) in [5, 5.41) is 13.0. The normalized spacial score (nSPS) is 11.1. The van der Waals surface area contributed by atoms with Gasteiger partial charge in [0, 0.05) is 22.9 Å². The molecule has 0 spiro atoms. The number of phenols is 1. The van der Waals surface area contributed by atoms with Crippen LogP contribution in [0.2, 0.25) is 0 Å². The van der Waals surface area contributed by atoms with Crippen LogP contribution < -0.4 is 5.32 Å². The van der Waals surface area contributed by atoms with Crippen LogP contribution in [0.1, 0.15) is 25.8 Å². The van der Waals surface area contributed by atoms with Crippen LogP contribution >= 0.6 is 0 Å². The Morgan fingerprint density at radius 1 is 1.05 bits per heavy atom. The first-order valence-corrected chi connectivity index (χ1v) is 6.45. The number of alkyl halides is 2. The number of aromatic hydroxyl groups is 1. The molecule has 0 aromatic heterocycles. The van der Waals surface area contributed by atoms with Crippen LogP contribution in [-0.4, -0.2) is 11.1 Å². The molecule has 0 saturated heterocycles. The molecule has 4 heteroatoms. The molecule has 0 aliphatic rings. The molecule has 2 N–H and O–H groups in total. The second kappa shape index (κ2) is 5.90. The van der Waals surface area contributed by atoms with E-state index in [-0.39, 0.29) is 17.4 Å². The van der Waals surface area contributed by atoms with Crippen molar-refractivity contribution >= 4 is 5.69 Å². The molecular formula is C16H17F2NO. The average molecular weight is 277 g/mol. The molecule has 0 aliphatic carbocycles. The molecule has 2 rings (SSSR count). The molecule has 20 heavy (non-hydrogen) atoms. The van der Waals surface area contributed by atoms with Crippen molar-refractivity contribution in [2.45, 2.75) is 26.3 Å². The van der Waals surface area contributed by atoms with E-state index in [1.807, 2.05) is 13.8 Å². The lowest BCUT2D eigenvalue weighted by Gasteiger charge is -2.14. The third kappa shape index (κ3) is 3.26. The Balaban J connectivity index is 2.52. The molecule has 0 aliphatic heterocycles. The monoisotopic (exact) mass is 277 g/mol. The third-order valence-corrected chi connectivity index (χ3v) is 2.88. The van der Waals surface area contributed by atoms with E-state index in [1.165, 1.54) is 12.1 Å². The number of halogens is 2. The predicted octanol–water partition coefficient (Wildman–Crippen LogP) is 4.82. The molecule has 0 atom stereocenters. The highest BCUT2D eigenvalue weighted by Gasteiger charge is 2.13. The van der Waals surface area contributed by atoms with Crippen molar-refractivity contribution in [2.75, 3.05) is 5.32 Å². The van der Waals surface area contributed by atoms with Crippen LogP contribution in [0, 0.1) is 0 Å². The smallest absolute Gasteiger partial charge is 0.263 e. The Labute approximate surface area is 117 Å². The summed E-state index contributed by atoms with van der Waals surface area (Å²) in [7, 11) is 0. The molecule has 2 aromatic carbocycles. The number of benzene rings is 2. The fourth-order valence-corrected chi connectivity index (χ4v) is 2.07. The molecule has 106 valence electrons. The average Bonchev–Trinajstić information content (AvgIpc) is 2.38. The summed E-state index contributed by atoms with van der Waals surface area (Å²) in [4.78, 5) is 0. The summed E-state index contributed by atoms with van der Waals surface area (Å²) in [5.41, 5.74) is 1.68. The Kier molecular flexibility index (Phi) is 4.23. The van der Waals surface area contributed by atoms with Crippen molar-refractivity contribution in [3.63, 3.8) is 0 Å². The number of phenolic OH excluding ortho intramolecular Hbond substituents is 1. The fraction of sp³-hybridized carbons (Fsp3) is 0.250. The summed E-state index contributed by atoms with van der Waals surface area (Å²) in [6.45, 7) is 3.88. The summed E-state index contributed by atoms with van der Waals surface area (Å²) < 4.78 is 26.0. The van der Waals surface area contributed by atoms with Gasteiger partial charge in [0.1, 0.15) is 5.75 Å². The maximum Gasteiger partial charge on any atom is 0.263 e. The Hall–Kier alpha value is -2.10. The zero-order valence-corrected chi connectivity index (χ0v) is 11.4. The van der Waals surface area contributed by atoms with Crippen molar-refractivity contribution in [2.24, 2.45) is 0 Å². The number of para-hydroxylation sites is 1. The van der Waals surface area contributed by atoms with Gasteiger partial charge in [0.05, 0.1) is 0 Å². The van der Waals surface area contributed by atoms with Crippen LogP contribution in [0.3, 0.4) is 0 Å². The first-order chi connectivity index (χ1) is 9.47. The summed E-state index contributed by atoms with van der Waals surface area (Å²) in [6.07, 6.45) is -2.55. The van der Waals surface area contributed by atoms with Crippen LogP contribution in [-0.2, 0) is 0 Å². The molecule has 0 heterocycles. The van der Waals surface area contributed by atoms with Crippen molar-refractivity contribution in [1.29, 1.82) is 0 Å². The minimum atomic E-state index is -2.55. The van der Waals surface area contributed by atoms with Gasteiger partial charge in [-0.15, -0.1) is 0 Å². The lowest BCUT2D eigenvalue weighted by Crippen LogP contribution is -2.10. The molecule has 0 unspecified atom stereocenters. The number of hydrogen-bond donors (Lipinski definition) is 2. The van der Waals surface area contributed by atoms with E-state index >= 15 is 0 Å². The van der Waals surface area contributed by atoms with Gasteiger partial charge in [-0.2, -0.15) is 0 Å². The Morgan fingerprint density at radius 3 is 2.35 bits per heavy atom. The second-order valence-corrected chi connectivity index (χ2v) is 4.96. The standard InChI is InChI=1S/C16H17F2NO/c1-10(2)19-13-8-11(7-12(9-13)16(17)18)14-5-3-4-6-15(14)20/h3-10,16,19-20H,1-2H3. The zero-order chi connectivity index (χ0) is 14.7. The lowest BCUT2D eigenvalue weighted by molar-refractivity contribution is 0.151. The number of nitrogens with one attached hydrogen (secondary N) is 1. The van der Waals surface area contributed by atoms with Crippen molar-refractivity contribution in [1.82, 2.24) is 0 Å². The largest absolute Gasteiger partial charge is 0.507 e. The van der Waals surface area contributed by atoms with Gasteiger partial charge in [-0.1, -0.05) is 18.2 Å². The second-order valence-electron chi connectivity index (χ2n) is 4.96. The van der Waals surface area contributed by atoms with Crippen LogP contribution in [0.15, 0.2) is 42.5 Å². The van der Waals surface area contributed by atoms with Crippen LogP contribution in [0.4, 0.5) is 14.5 Å². The number of anilines is 1. The van der Waals surface area contributed by atoms with Crippen molar-refractivity contribution in [3.8, 4) is 16.9 Å². The van der Waals surface area contributed by atoms with E-state index in [0.29, 0.717) is 16.8 Å². The van der Waals surface area contributed by atoms with Gasteiger partial charge in [-0.05, 0) is 43.7 Å². The van der Waals surface area contributed by atoms with Gasteiger partial charge in [-0.3, -0.25) is 0 Å². The van der Waals surface area contributed by atoms with E-state index < -0.39 is 6.43 Å². The number of rotatable bonds is 4.